The van der Waals surface area contributed by atoms with Gasteiger partial charge in [0.25, 0.3) is 5.91 Å². The average molecular weight is 399 g/mol. The zero-order valence-electron chi connectivity index (χ0n) is 17.3. The van der Waals surface area contributed by atoms with Gasteiger partial charge in [0.2, 0.25) is 0 Å². The maximum Gasteiger partial charge on any atom is 0.290 e. The van der Waals surface area contributed by atoms with Crippen LogP contribution in [0.15, 0.2) is 35.7 Å². The maximum atomic E-state index is 13.5. The molecule has 0 spiro atoms. The Balaban J connectivity index is 1.67. The summed E-state index contributed by atoms with van der Waals surface area (Å²) in [4.78, 5) is 35.1. The molecule has 0 aromatic carbocycles. The van der Waals surface area contributed by atoms with Crippen LogP contribution in [0.2, 0.25) is 0 Å². The van der Waals surface area contributed by atoms with Gasteiger partial charge in [-0.2, -0.15) is 0 Å². The third-order valence-electron chi connectivity index (χ3n) is 6.21. The molecule has 4 rings (SSSR count). The molecule has 1 saturated carbocycles. The Labute approximate surface area is 171 Å². The van der Waals surface area contributed by atoms with E-state index in [0.717, 1.165) is 31.5 Å². The lowest BCUT2D eigenvalue weighted by Gasteiger charge is -2.38. The highest BCUT2D eigenvalue weighted by atomic mass is 16.5. The molecule has 0 saturated heterocycles. The lowest BCUT2D eigenvalue weighted by atomic mass is 9.77. The Hall–Kier alpha value is -2.25. The molecule has 2 aliphatic heterocycles. The number of carbonyl (C=O) groups is 2. The molecule has 1 fully saturated rings. The number of amides is 1. The summed E-state index contributed by atoms with van der Waals surface area (Å²) in [5, 5.41) is 0. The van der Waals surface area contributed by atoms with Crippen molar-refractivity contribution in [3.05, 3.63) is 41.4 Å². The Kier molecular flexibility index (Phi) is 5.69. The van der Waals surface area contributed by atoms with E-state index in [1.54, 1.807) is 18.2 Å². The Morgan fingerprint density at radius 1 is 1.28 bits per heavy atom. The third kappa shape index (κ3) is 3.69. The van der Waals surface area contributed by atoms with Gasteiger partial charge in [-0.1, -0.05) is 6.07 Å². The van der Waals surface area contributed by atoms with Crippen molar-refractivity contribution in [2.45, 2.75) is 43.9 Å². The number of aromatic nitrogens is 1. The predicted molar refractivity (Wildman–Crippen MR) is 107 cm³/mol. The van der Waals surface area contributed by atoms with Gasteiger partial charge in [-0.15, -0.1) is 0 Å². The lowest BCUT2D eigenvalue weighted by molar-refractivity contribution is -0.138. The second kappa shape index (κ2) is 8.24. The van der Waals surface area contributed by atoms with Crippen molar-refractivity contribution in [2.75, 3.05) is 34.3 Å². The SMILES string of the molecule is COC1CCC2C(=O)C3=C(OC2C1)C(=O)N(CCCN(C)C)C3c1ccccn1. The molecule has 3 aliphatic rings. The second-order valence-electron chi connectivity index (χ2n) is 8.35. The number of carbonyl (C=O) groups excluding carboxylic acids is 2. The molecular weight excluding hydrogens is 370 g/mol. The summed E-state index contributed by atoms with van der Waals surface area (Å²) in [5.74, 6) is -0.125. The summed E-state index contributed by atoms with van der Waals surface area (Å²) < 4.78 is 11.7. The summed E-state index contributed by atoms with van der Waals surface area (Å²) >= 11 is 0. The summed E-state index contributed by atoms with van der Waals surface area (Å²) in [6.07, 6.45) is 4.52. The van der Waals surface area contributed by atoms with E-state index in [1.807, 2.05) is 32.3 Å². The molecule has 3 heterocycles. The number of hydrogen-bond acceptors (Lipinski definition) is 6. The predicted octanol–water partition coefficient (Wildman–Crippen LogP) is 1.95. The molecule has 0 bridgehead atoms. The van der Waals surface area contributed by atoms with Gasteiger partial charge in [0.15, 0.2) is 11.5 Å². The number of hydrogen-bond donors (Lipinski definition) is 0. The summed E-state index contributed by atoms with van der Waals surface area (Å²) in [6, 6.07) is 5.15. The van der Waals surface area contributed by atoms with Crippen molar-refractivity contribution in [1.29, 1.82) is 0 Å². The topological polar surface area (TPSA) is 72.0 Å². The molecule has 156 valence electrons. The first-order chi connectivity index (χ1) is 14.0. The number of ketones is 1. The van der Waals surface area contributed by atoms with Crippen LogP contribution in [0.5, 0.6) is 0 Å². The number of ether oxygens (including phenoxy) is 2. The Bertz CT molecular complexity index is 808. The number of methoxy groups -OCH3 is 1. The largest absolute Gasteiger partial charge is 0.483 e. The average Bonchev–Trinajstić information content (AvgIpc) is 3.00. The first-order valence-electron chi connectivity index (χ1n) is 10.4. The smallest absolute Gasteiger partial charge is 0.290 e. The first-order valence-corrected chi connectivity index (χ1v) is 10.4. The fraction of sp³-hybridized carbons (Fsp3) is 0.591. The van der Waals surface area contributed by atoms with Crippen molar-refractivity contribution in [3.63, 3.8) is 0 Å². The van der Waals surface area contributed by atoms with Crippen molar-refractivity contribution in [1.82, 2.24) is 14.8 Å². The molecule has 7 nitrogen and oxygen atoms in total. The van der Waals surface area contributed by atoms with Crippen LogP contribution in [-0.2, 0) is 19.1 Å². The van der Waals surface area contributed by atoms with Crippen molar-refractivity contribution >= 4 is 11.7 Å². The second-order valence-corrected chi connectivity index (χ2v) is 8.35. The third-order valence-corrected chi connectivity index (χ3v) is 6.21. The van der Waals surface area contributed by atoms with Gasteiger partial charge in [-0.25, -0.2) is 0 Å². The number of Topliss-reactive ketones (excluding diaryl/α,β-unsaturated/α-hetero) is 1. The van der Waals surface area contributed by atoms with E-state index in [1.165, 1.54) is 0 Å². The zero-order valence-corrected chi connectivity index (χ0v) is 17.3. The highest BCUT2D eigenvalue weighted by molar-refractivity contribution is 6.11. The molecule has 1 aliphatic carbocycles. The van der Waals surface area contributed by atoms with Gasteiger partial charge in [0.1, 0.15) is 12.1 Å². The van der Waals surface area contributed by atoms with Crippen LogP contribution in [0.3, 0.4) is 0 Å². The fourth-order valence-electron chi connectivity index (χ4n) is 4.72. The molecule has 1 aromatic heterocycles. The van der Waals surface area contributed by atoms with Gasteiger partial charge < -0.3 is 19.3 Å². The fourth-order valence-corrected chi connectivity index (χ4v) is 4.72. The van der Waals surface area contributed by atoms with E-state index in [2.05, 4.69) is 9.88 Å². The molecule has 7 heteroatoms. The molecule has 4 unspecified atom stereocenters. The van der Waals surface area contributed by atoms with Gasteiger partial charge in [0, 0.05) is 26.3 Å². The number of fused-ring (bicyclic) bond motifs is 1. The molecule has 1 aromatic rings. The van der Waals surface area contributed by atoms with Crippen molar-refractivity contribution in [3.8, 4) is 0 Å². The first kappa shape index (κ1) is 20.0. The van der Waals surface area contributed by atoms with Crippen LogP contribution in [0.1, 0.15) is 37.4 Å². The van der Waals surface area contributed by atoms with E-state index < -0.39 is 6.04 Å². The zero-order chi connectivity index (χ0) is 20.5. The number of nitrogens with zero attached hydrogens (tertiary/aromatic N) is 3. The van der Waals surface area contributed by atoms with Gasteiger partial charge >= 0.3 is 0 Å². The molecule has 0 radical (unpaired) electrons. The minimum absolute atomic E-state index is 0.0462. The number of pyridine rings is 1. The molecule has 29 heavy (non-hydrogen) atoms. The Morgan fingerprint density at radius 3 is 2.79 bits per heavy atom. The van der Waals surface area contributed by atoms with Crippen LogP contribution in [0.4, 0.5) is 0 Å². The quantitative estimate of drug-likeness (QED) is 0.728. The van der Waals surface area contributed by atoms with Crippen molar-refractivity contribution < 1.29 is 19.1 Å². The molecular formula is C22H29N3O4. The van der Waals surface area contributed by atoms with Crippen molar-refractivity contribution in [2.24, 2.45) is 5.92 Å². The van der Waals surface area contributed by atoms with Gasteiger partial charge in [-0.05, 0) is 52.0 Å². The lowest BCUT2D eigenvalue weighted by Crippen LogP contribution is -2.43. The van der Waals surface area contributed by atoms with Crippen LogP contribution >= 0.6 is 0 Å². The monoisotopic (exact) mass is 399 g/mol. The number of rotatable bonds is 6. The molecule has 1 amide bonds. The van der Waals surface area contributed by atoms with Crippen LogP contribution < -0.4 is 0 Å². The highest BCUT2D eigenvalue weighted by Gasteiger charge is 2.53. The van der Waals surface area contributed by atoms with Crippen LogP contribution in [0, 0.1) is 5.92 Å². The Morgan fingerprint density at radius 2 is 2.10 bits per heavy atom. The van der Waals surface area contributed by atoms with E-state index >= 15 is 0 Å². The minimum Gasteiger partial charge on any atom is -0.483 e. The van der Waals surface area contributed by atoms with E-state index in [0.29, 0.717) is 18.5 Å². The van der Waals surface area contributed by atoms with E-state index in [9.17, 15) is 9.59 Å². The highest BCUT2D eigenvalue weighted by Crippen LogP contribution is 2.46. The van der Waals surface area contributed by atoms with Crippen LogP contribution in [-0.4, -0.2) is 73.0 Å². The standard InChI is InChI=1S/C22H29N3O4/c1-24(2)11-6-12-25-19(16-7-4-5-10-23-16)18-20(26)15-9-8-14(28-3)13-17(15)29-21(18)22(25)27/h4-5,7,10,14-15,17,19H,6,8-9,11-13H2,1-3H3. The van der Waals surface area contributed by atoms with Crippen LogP contribution in [0.25, 0.3) is 0 Å². The van der Waals surface area contributed by atoms with E-state index in [-0.39, 0.29) is 35.6 Å². The summed E-state index contributed by atoms with van der Waals surface area (Å²) in [6.45, 7) is 1.41. The van der Waals surface area contributed by atoms with E-state index in [4.69, 9.17) is 9.47 Å². The molecule has 0 N–H and O–H groups in total. The summed E-state index contributed by atoms with van der Waals surface area (Å²) in [7, 11) is 5.70. The maximum absolute atomic E-state index is 13.5. The summed E-state index contributed by atoms with van der Waals surface area (Å²) in [5.41, 5.74) is 1.22. The van der Waals surface area contributed by atoms with Gasteiger partial charge in [0.05, 0.1) is 23.3 Å². The molecule has 4 atom stereocenters. The van der Waals surface area contributed by atoms with Gasteiger partial charge in [-0.3, -0.25) is 14.6 Å². The normalized spacial score (nSPS) is 29.2. The minimum atomic E-state index is -0.463.